The van der Waals surface area contributed by atoms with Gasteiger partial charge < -0.3 is 20.2 Å². The number of carboxylic acids is 1. The fourth-order valence-corrected chi connectivity index (χ4v) is 2.77. The first-order valence-corrected chi connectivity index (χ1v) is 7.91. The summed E-state index contributed by atoms with van der Waals surface area (Å²) in [7, 11) is 4.03. The van der Waals surface area contributed by atoms with Crippen LogP contribution < -0.4 is 11.2 Å². The summed E-state index contributed by atoms with van der Waals surface area (Å²) < 4.78 is 5.65. The summed E-state index contributed by atoms with van der Waals surface area (Å²) in [6.45, 7) is 0.954. The smallest absolute Gasteiger partial charge is 0.339 e. The molecule has 0 atom stereocenters. The Morgan fingerprint density at radius 3 is 2.72 bits per heavy atom. The molecule has 0 aliphatic heterocycles. The molecule has 0 aliphatic rings. The van der Waals surface area contributed by atoms with Crippen LogP contribution in [0.2, 0.25) is 0 Å². The summed E-state index contributed by atoms with van der Waals surface area (Å²) in [5.74, 6) is -1.41. The van der Waals surface area contributed by atoms with Crippen LogP contribution in [0.1, 0.15) is 22.3 Å². The second kappa shape index (κ2) is 6.52. The van der Waals surface area contributed by atoms with Crippen LogP contribution in [0.3, 0.4) is 0 Å². The molecule has 3 aromatic rings. The van der Waals surface area contributed by atoms with Gasteiger partial charge in [0.2, 0.25) is 11.1 Å². The van der Waals surface area contributed by atoms with Crippen LogP contribution in [-0.2, 0) is 6.42 Å². The fourth-order valence-electron chi connectivity index (χ4n) is 2.77. The highest BCUT2D eigenvalue weighted by Crippen LogP contribution is 2.22. The SMILES string of the molecule is CN(C)CCCc1ccc2oc3nc(N)c(C(=O)O)cc3c(=O)c2c1. The van der Waals surface area contributed by atoms with Crippen molar-refractivity contribution in [3.8, 4) is 0 Å². The molecule has 0 amide bonds. The van der Waals surface area contributed by atoms with E-state index in [1.165, 1.54) is 6.07 Å². The number of benzene rings is 1. The van der Waals surface area contributed by atoms with Gasteiger partial charge in [0.25, 0.3) is 0 Å². The maximum atomic E-state index is 12.8. The lowest BCUT2D eigenvalue weighted by atomic mass is 10.1. The zero-order valence-corrected chi connectivity index (χ0v) is 14.1. The van der Waals surface area contributed by atoms with Crippen molar-refractivity contribution < 1.29 is 14.3 Å². The molecule has 7 nitrogen and oxygen atoms in total. The van der Waals surface area contributed by atoms with Crippen molar-refractivity contribution in [3.05, 3.63) is 45.6 Å². The van der Waals surface area contributed by atoms with Crippen LogP contribution >= 0.6 is 0 Å². The third-order valence-electron chi connectivity index (χ3n) is 4.06. The number of nitrogen functional groups attached to an aromatic ring is 1. The van der Waals surface area contributed by atoms with Crippen molar-refractivity contribution in [3.63, 3.8) is 0 Å². The Labute approximate surface area is 143 Å². The number of anilines is 1. The maximum Gasteiger partial charge on any atom is 0.339 e. The van der Waals surface area contributed by atoms with E-state index in [1.54, 1.807) is 12.1 Å². The molecule has 0 saturated heterocycles. The average Bonchev–Trinajstić information content (AvgIpc) is 2.54. The first-order chi connectivity index (χ1) is 11.9. The van der Waals surface area contributed by atoms with Crippen molar-refractivity contribution in [2.45, 2.75) is 12.8 Å². The number of carboxylic acid groups (broad SMARTS) is 1. The van der Waals surface area contributed by atoms with Crippen molar-refractivity contribution in [2.24, 2.45) is 0 Å². The van der Waals surface area contributed by atoms with Crippen LogP contribution in [0, 0.1) is 0 Å². The van der Waals surface area contributed by atoms with E-state index in [0.29, 0.717) is 11.0 Å². The number of hydrogen-bond acceptors (Lipinski definition) is 6. The van der Waals surface area contributed by atoms with Gasteiger partial charge in [-0.1, -0.05) is 6.07 Å². The summed E-state index contributed by atoms with van der Waals surface area (Å²) in [6.07, 6.45) is 1.81. The van der Waals surface area contributed by atoms with E-state index in [1.807, 2.05) is 20.2 Å². The molecule has 130 valence electrons. The van der Waals surface area contributed by atoms with Gasteiger partial charge in [0.1, 0.15) is 17.0 Å². The Hall–Kier alpha value is -2.93. The van der Waals surface area contributed by atoms with Crippen LogP contribution in [-0.4, -0.2) is 41.6 Å². The first kappa shape index (κ1) is 16.9. The molecular weight excluding hydrogens is 322 g/mol. The van der Waals surface area contributed by atoms with Gasteiger partial charge in [-0.15, -0.1) is 0 Å². The minimum absolute atomic E-state index is 0.0420. The zero-order valence-electron chi connectivity index (χ0n) is 14.1. The molecule has 0 bridgehead atoms. The summed E-state index contributed by atoms with van der Waals surface area (Å²) in [4.78, 5) is 30.0. The fraction of sp³-hybridized carbons (Fsp3) is 0.278. The third-order valence-corrected chi connectivity index (χ3v) is 4.06. The molecule has 2 heterocycles. The minimum Gasteiger partial charge on any atom is -0.478 e. The third kappa shape index (κ3) is 3.32. The monoisotopic (exact) mass is 341 g/mol. The molecule has 7 heteroatoms. The van der Waals surface area contributed by atoms with Gasteiger partial charge in [0, 0.05) is 0 Å². The number of aromatic carboxylic acids is 1. The summed E-state index contributed by atoms with van der Waals surface area (Å²) in [6, 6.07) is 6.68. The van der Waals surface area contributed by atoms with Crippen molar-refractivity contribution in [2.75, 3.05) is 26.4 Å². The average molecular weight is 341 g/mol. The zero-order chi connectivity index (χ0) is 18.1. The molecule has 0 saturated carbocycles. The number of fused-ring (bicyclic) bond motifs is 2. The van der Waals surface area contributed by atoms with E-state index in [9.17, 15) is 9.59 Å². The Morgan fingerprint density at radius 2 is 2.04 bits per heavy atom. The second-order valence-corrected chi connectivity index (χ2v) is 6.25. The maximum absolute atomic E-state index is 12.8. The van der Waals surface area contributed by atoms with E-state index in [0.717, 1.165) is 24.9 Å². The molecule has 3 rings (SSSR count). The highest BCUT2D eigenvalue weighted by Gasteiger charge is 2.16. The van der Waals surface area contributed by atoms with Crippen LogP contribution in [0.5, 0.6) is 0 Å². The van der Waals surface area contributed by atoms with Crippen LogP contribution in [0.4, 0.5) is 5.82 Å². The number of hydrogen-bond donors (Lipinski definition) is 2. The standard InChI is InChI=1S/C18H19N3O4/c1-21(2)7-3-4-10-5-6-14-11(8-10)15(22)12-9-13(18(23)24)16(19)20-17(12)25-14/h5-6,8-9H,3-4,7H2,1-2H3,(H2,19,20)(H,23,24). The summed E-state index contributed by atoms with van der Waals surface area (Å²) in [5.41, 5.74) is 6.59. The van der Waals surface area contributed by atoms with Gasteiger partial charge in [-0.05, 0) is 57.2 Å². The highest BCUT2D eigenvalue weighted by molar-refractivity contribution is 5.98. The van der Waals surface area contributed by atoms with Gasteiger partial charge in [0.05, 0.1) is 10.8 Å². The summed E-state index contributed by atoms with van der Waals surface area (Å²) >= 11 is 0. The lowest BCUT2D eigenvalue weighted by Crippen LogP contribution is -2.13. The van der Waals surface area contributed by atoms with Gasteiger partial charge in [-0.2, -0.15) is 4.98 Å². The first-order valence-electron chi connectivity index (χ1n) is 7.91. The van der Waals surface area contributed by atoms with Crippen molar-refractivity contribution >= 4 is 33.9 Å². The number of nitrogens with zero attached hydrogens (tertiary/aromatic N) is 2. The predicted molar refractivity (Wildman–Crippen MR) is 96.0 cm³/mol. The van der Waals surface area contributed by atoms with Gasteiger partial charge in [-0.3, -0.25) is 4.79 Å². The van der Waals surface area contributed by atoms with Gasteiger partial charge >= 0.3 is 5.97 Å². The van der Waals surface area contributed by atoms with E-state index in [4.69, 9.17) is 15.3 Å². The minimum atomic E-state index is -1.23. The Kier molecular flexibility index (Phi) is 4.41. The van der Waals surface area contributed by atoms with Crippen molar-refractivity contribution in [1.29, 1.82) is 0 Å². The van der Waals surface area contributed by atoms with E-state index in [2.05, 4.69) is 9.88 Å². The molecule has 0 aliphatic carbocycles. The normalized spacial score (nSPS) is 11.5. The Bertz CT molecular complexity index is 1020. The number of aryl methyl sites for hydroxylation is 1. The molecule has 2 aromatic heterocycles. The highest BCUT2D eigenvalue weighted by atomic mass is 16.4. The van der Waals surface area contributed by atoms with E-state index in [-0.39, 0.29) is 27.9 Å². The topological polar surface area (TPSA) is 110 Å². The number of pyridine rings is 1. The van der Waals surface area contributed by atoms with E-state index >= 15 is 0 Å². The molecule has 0 spiro atoms. The Morgan fingerprint density at radius 1 is 1.28 bits per heavy atom. The van der Waals surface area contributed by atoms with Gasteiger partial charge in [-0.25, -0.2) is 4.79 Å². The molecule has 25 heavy (non-hydrogen) atoms. The molecule has 3 N–H and O–H groups in total. The lowest BCUT2D eigenvalue weighted by Gasteiger charge is -2.09. The largest absolute Gasteiger partial charge is 0.478 e. The molecule has 0 unspecified atom stereocenters. The molecular formula is C18H19N3O4. The number of aromatic nitrogens is 1. The number of nitrogens with two attached hydrogens (primary N) is 1. The van der Waals surface area contributed by atoms with Crippen LogP contribution in [0.25, 0.3) is 22.1 Å². The lowest BCUT2D eigenvalue weighted by molar-refractivity contribution is 0.0698. The number of rotatable bonds is 5. The molecule has 0 radical (unpaired) electrons. The van der Waals surface area contributed by atoms with Crippen LogP contribution in [0.15, 0.2) is 33.5 Å². The quantitative estimate of drug-likeness (QED) is 0.684. The summed E-state index contributed by atoms with van der Waals surface area (Å²) in [5, 5.41) is 9.69. The van der Waals surface area contributed by atoms with E-state index < -0.39 is 5.97 Å². The van der Waals surface area contributed by atoms with Gasteiger partial charge in [0.15, 0.2) is 0 Å². The molecule has 1 aromatic carbocycles. The number of carbonyl (C=O) groups is 1. The van der Waals surface area contributed by atoms with Crippen molar-refractivity contribution in [1.82, 2.24) is 9.88 Å². The predicted octanol–water partition coefficient (Wildman–Crippen LogP) is 2.12. The Balaban J connectivity index is 2.11. The second-order valence-electron chi connectivity index (χ2n) is 6.25. The molecule has 0 fully saturated rings.